The summed E-state index contributed by atoms with van der Waals surface area (Å²) in [5.74, 6) is -0.579. The van der Waals surface area contributed by atoms with Crippen LogP contribution in [-0.2, 0) is 19.6 Å². The van der Waals surface area contributed by atoms with Crippen LogP contribution < -0.4 is 5.32 Å². The molecular weight excluding hydrogens is 317 g/mol. The van der Waals surface area contributed by atoms with E-state index in [1.807, 2.05) is 0 Å². The second-order valence-electron chi connectivity index (χ2n) is 3.60. The van der Waals surface area contributed by atoms with Crippen LogP contribution in [0, 0.1) is 0 Å². The average molecular weight is 328 g/mol. The van der Waals surface area contributed by atoms with Gasteiger partial charge < -0.3 is 10.1 Å². The van der Waals surface area contributed by atoms with Crippen LogP contribution in [0.15, 0.2) is 17.0 Å². The summed E-state index contributed by atoms with van der Waals surface area (Å²) in [5.41, 5.74) is 0.0244. The molecule has 0 saturated carbocycles. The Kier molecular flexibility index (Phi) is 5.03. The number of ether oxygens (including phenoxy) is 1. The number of carbonyl (C=O) groups is 1. The second-order valence-corrected chi connectivity index (χ2v) is 5.77. The van der Waals surface area contributed by atoms with Gasteiger partial charge in [-0.1, -0.05) is 23.2 Å². The fraction of sp³-hybridized carbons (Fsp3) is 0.300. The van der Waals surface area contributed by atoms with Crippen LogP contribution in [0.5, 0.6) is 0 Å². The van der Waals surface area contributed by atoms with Gasteiger partial charge in [-0.15, -0.1) is 0 Å². The lowest BCUT2D eigenvalue weighted by atomic mass is 10.2. The van der Waals surface area contributed by atoms with Crippen molar-refractivity contribution in [3.63, 3.8) is 0 Å². The van der Waals surface area contributed by atoms with Crippen molar-refractivity contribution in [3.05, 3.63) is 22.2 Å². The number of rotatable bonds is 4. The molecule has 0 amide bonds. The zero-order valence-corrected chi connectivity index (χ0v) is 12.3. The molecule has 1 aromatic rings. The molecule has 0 aromatic heterocycles. The molecule has 106 valence electrons. The summed E-state index contributed by atoms with van der Waals surface area (Å²) in [4.78, 5) is 10.8. The van der Waals surface area contributed by atoms with E-state index in [1.54, 1.807) is 0 Å². The number of anilines is 1. The highest BCUT2D eigenvalue weighted by atomic mass is 35.5. The molecule has 2 N–H and O–H groups in total. The lowest BCUT2D eigenvalue weighted by Crippen LogP contribution is -2.27. The first-order valence-electron chi connectivity index (χ1n) is 4.98. The zero-order chi connectivity index (χ0) is 14.8. The summed E-state index contributed by atoms with van der Waals surface area (Å²) >= 11 is 11.7. The molecule has 0 radical (unpaired) electrons. The average Bonchev–Trinajstić information content (AvgIpc) is 2.31. The Labute approximate surface area is 120 Å². The molecular formula is C10H11Cl2NO5S. The van der Waals surface area contributed by atoms with Gasteiger partial charge >= 0.3 is 5.97 Å². The summed E-state index contributed by atoms with van der Waals surface area (Å²) in [6.45, 7) is 1.48. The van der Waals surface area contributed by atoms with Gasteiger partial charge in [-0.05, 0) is 19.1 Å². The van der Waals surface area contributed by atoms with Crippen molar-refractivity contribution in [2.75, 3.05) is 12.4 Å². The molecule has 0 aliphatic carbocycles. The molecule has 9 heteroatoms. The van der Waals surface area contributed by atoms with Gasteiger partial charge in [-0.2, -0.15) is 8.42 Å². The number of halogens is 2. The molecule has 0 bridgehead atoms. The number of nitrogens with one attached hydrogen (secondary N) is 1. The minimum Gasteiger partial charge on any atom is -0.467 e. The van der Waals surface area contributed by atoms with Crippen LogP contribution in [0.25, 0.3) is 0 Å². The van der Waals surface area contributed by atoms with Crippen molar-refractivity contribution < 1.29 is 22.5 Å². The predicted molar refractivity (Wildman–Crippen MR) is 71.4 cm³/mol. The van der Waals surface area contributed by atoms with Gasteiger partial charge in [0.2, 0.25) is 0 Å². The van der Waals surface area contributed by atoms with Crippen molar-refractivity contribution >= 4 is 45.0 Å². The van der Waals surface area contributed by atoms with Crippen LogP contribution >= 0.6 is 23.2 Å². The normalized spacial score (nSPS) is 12.9. The first kappa shape index (κ1) is 16.0. The number of methoxy groups -OCH3 is 1. The second kappa shape index (κ2) is 5.96. The van der Waals surface area contributed by atoms with Gasteiger partial charge in [0.25, 0.3) is 10.1 Å². The fourth-order valence-electron chi connectivity index (χ4n) is 1.32. The number of esters is 1. The zero-order valence-electron chi connectivity index (χ0n) is 9.98. The third-order valence-corrected chi connectivity index (χ3v) is 3.96. The standard InChI is InChI=1S/C10H11Cl2NO5S/c1-5(10(14)18-2)13-9-6(11)3-4-7(8(9)12)19(15,16)17/h3-5,13H,1-2H3,(H,15,16,17). The molecule has 1 rings (SSSR count). The van der Waals surface area contributed by atoms with E-state index in [0.29, 0.717) is 0 Å². The van der Waals surface area contributed by atoms with Gasteiger partial charge in [-0.3, -0.25) is 4.55 Å². The van der Waals surface area contributed by atoms with Gasteiger partial charge in [0.1, 0.15) is 10.9 Å². The van der Waals surface area contributed by atoms with Crippen LogP contribution in [0.1, 0.15) is 6.92 Å². The molecule has 1 aromatic carbocycles. The highest BCUT2D eigenvalue weighted by Gasteiger charge is 2.22. The Morgan fingerprint density at radius 3 is 2.47 bits per heavy atom. The van der Waals surface area contributed by atoms with Crippen LogP contribution in [0.2, 0.25) is 10.0 Å². The van der Waals surface area contributed by atoms with Crippen LogP contribution in [0.3, 0.4) is 0 Å². The molecule has 19 heavy (non-hydrogen) atoms. The Bertz CT molecular complexity index is 602. The topological polar surface area (TPSA) is 92.7 Å². The third kappa shape index (κ3) is 3.73. The van der Waals surface area contributed by atoms with E-state index in [0.717, 1.165) is 6.07 Å². The Morgan fingerprint density at radius 2 is 2.00 bits per heavy atom. The molecule has 0 aliphatic heterocycles. The highest BCUT2D eigenvalue weighted by Crippen LogP contribution is 2.35. The molecule has 6 nitrogen and oxygen atoms in total. The molecule has 0 aliphatic rings. The van der Waals surface area contributed by atoms with E-state index >= 15 is 0 Å². The summed E-state index contributed by atoms with van der Waals surface area (Å²) in [7, 11) is -3.27. The maximum absolute atomic E-state index is 11.3. The van der Waals surface area contributed by atoms with E-state index in [4.69, 9.17) is 27.8 Å². The van der Waals surface area contributed by atoms with E-state index in [9.17, 15) is 13.2 Å². The summed E-state index contributed by atoms with van der Waals surface area (Å²) in [6, 6.07) is 1.51. The lowest BCUT2D eigenvalue weighted by molar-refractivity contribution is -0.141. The van der Waals surface area contributed by atoms with E-state index in [2.05, 4.69) is 10.1 Å². The summed E-state index contributed by atoms with van der Waals surface area (Å²) in [5, 5.41) is 2.43. The molecule has 0 fully saturated rings. The van der Waals surface area contributed by atoms with Crippen LogP contribution in [-0.4, -0.2) is 32.1 Å². The Balaban J connectivity index is 3.25. The number of hydrogen-bond donors (Lipinski definition) is 2. The van der Waals surface area contributed by atoms with Crippen molar-refractivity contribution in [2.45, 2.75) is 17.9 Å². The highest BCUT2D eigenvalue weighted by molar-refractivity contribution is 7.86. The van der Waals surface area contributed by atoms with Gasteiger partial charge in [0, 0.05) is 0 Å². The van der Waals surface area contributed by atoms with Crippen molar-refractivity contribution in [2.24, 2.45) is 0 Å². The Hall–Kier alpha value is -1.02. The maximum Gasteiger partial charge on any atom is 0.327 e. The van der Waals surface area contributed by atoms with E-state index in [1.165, 1.54) is 20.1 Å². The quantitative estimate of drug-likeness (QED) is 0.650. The number of hydrogen-bond acceptors (Lipinski definition) is 5. The van der Waals surface area contributed by atoms with Crippen molar-refractivity contribution in [1.29, 1.82) is 0 Å². The summed E-state index contributed by atoms with van der Waals surface area (Å²) < 4.78 is 35.7. The first-order valence-corrected chi connectivity index (χ1v) is 7.18. The summed E-state index contributed by atoms with van der Waals surface area (Å²) in [6.07, 6.45) is 0. The lowest BCUT2D eigenvalue weighted by Gasteiger charge is -2.16. The number of carbonyl (C=O) groups excluding carboxylic acids is 1. The van der Waals surface area contributed by atoms with Crippen LogP contribution in [0.4, 0.5) is 5.69 Å². The minimum absolute atomic E-state index is 0.0244. The number of benzene rings is 1. The molecule has 0 saturated heterocycles. The Morgan fingerprint density at radius 1 is 1.42 bits per heavy atom. The molecule has 0 spiro atoms. The van der Waals surface area contributed by atoms with Gasteiger partial charge in [-0.25, -0.2) is 4.79 Å². The van der Waals surface area contributed by atoms with Crippen molar-refractivity contribution in [1.82, 2.24) is 0 Å². The molecule has 1 atom stereocenters. The van der Waals surface area contributed by atoms with Crippen molar-refractivity contribution in [3.8, 4) is 0 Å². The first-order chi connectivity index (χ1) is 8.68. The minimum atomic E-state index is -4.48. The maximum atomic E-state index is 11.3. The predicted octanol–water partition coefficient (Wildman–Crippen LogP) is 2.21. The molecule has 0 heterocycles. The van der Waals surface area contributed by atoms with E-state index < -0.39 is 27.0 Å². The fourth-order valence-corrected chi connectivity index (χ4v) is 2.66. The SMILES string of the molecule is COC(=O)C(C)Nc1c(Cl)ccc(S(=O)(=O)O)c1Cl. The third-order valence-electron chi connectivity index (χ3n) is 2.25. The smallest absolute Gasteiger partial charge is 0.327 e. The van der Waals surface area contributed by atoms with Gasteiger partial charge in [0.05, 0.1) is 22.8 Å². The molecule has 1 unspecified atom stereocenters. The monoisotopic (exact) mass is 327 g/mol. The van der Waals surface area contributed by atoms with Gasteiger partial charge in [0.15, 0.2) is 0 Å². The van der Waals surface area contributed by atoms with E-state index in [-0.39, 0.29) is 15.7 Å². The largest absolute Gasteiger partial charge is 0.467 e.